The Kier molecular flexibility index (Phi) is 6.53. The Balaban J connectivity index is 1.55. The summed E-state index contributed by atoms with van der Waals surface area (Å²) in [5.74, 6) is 1.72. The molecule has 3 rings (SSSR count). The van der Waals surface area contributed by atoms with Crippen molar-refractivity contribution in [2.24, 2.45) is 0 Å². The Hall–Kier alpha value is -3.17. The Morgan fingerprint density at radius 3 is 2.57 bits per heavy atom. The Labute approximate surface area is 176 Å². The topological polar surface area (TPSA) is 106 Å². The molecule has 0 bridgehead atoms. The van der Waals surface area contributed by atoms with Crippen molar-refractivity contribution in [1.29, 1.82) is 0 Å². The predicted molar refractivity (Wildman–Crippen MR) is 113 cm³/mol. The van der Waals surface area contributed by atoms with Gasteiger partial charge in [-0.05, 0) is 27.7 Å². The van der Waals surface area contributed by atoms with Gasteiger partial charge in [-0.1, -0.05) is 0 Å². The minimum atomic E-state index is -0.499. The lowest BCUT2D eigenvalue weighted by Crippen LogP contribution is -2.55. The first kappa shape index (κ1) is 21.5. The van der Waals surface area contributed by atoms with Gasteiger partial charge in [0.1, 0.15) is 11.4 Å². The van der Waals surface area contributed by atoms with Crippen LogP contribution in [-0.4, -0.2) is 69.3 Å². The maximum absolute atomic E-state index is 12.3. The van der Waals surface area contributed by atoms with Crippen molar-refractivity contribution < 1.29 is 14.3 Å². The van der Waals surface area contributed by atoms with Crippen LogP contribution in [0.2, 0.25) is 0 Å². The number of hydrogen-bond donors (Lipinski definition) is 1. The number of amides is 1. The molecule has 30 heavy (non-hydrogen) atoms. The van der Waals surface area contributed by atoms with E-state index in [-0.39, 0.29) is 12.1 Å². The van der Waals surface area contributed by atoms with Gasteiger partial charge in [-0.3, -0.25) is 4.98 Å². The molecule has 0 aliphatic carbocycles. The van der Waals surface area contributed by atoms with Crippen LogP contribution in [-0.2, 0) is 11.3 Å². The second-order valence-corrected chi connectivity index (χ2v) is 8.16. The van der Waals surface area contributed by atoms with Gasteiger partial charge in [0.15, 0.2) is 0 Å². The summed E-state index contributed by atoms with van der Waals surface area (Å²) in [6.45, 7) is 9.97. The SMILES string of the molecule is COc1cncc(NCc2cnc(N3CCN(C(=O)OC(C)(C)C)CC3C)nc2)n1. The Bertz CT molecular complexity index is 854. The fraction of sp³-hybridized carbons (Fsp3) is 0.550. The van der Waals surface area contributed by atoms with Gasteiger partial charge in [-0.2, -0.15) is 4.98 Å². The molecule has 162 valence electrons. The zero-order chi connectivity index (χ0) is 21.7. The van der Waals surface area contributed by atoms with Gasteiger partial charge >= 0.3 is 6.09 Å². The maximum atomic E-state index is 12.3. The average Bonchev–Trinajstić information content (AvgIpc) is 2.71. The quantitative estimate of drug-likeness (QED) is 0.787. The number of nitrogens with one attached hydrogen (secondary N) is 1. The van der Waals surface area contributed by atoms with Crippen LogP contribution >= 0.6 is 0 Å². The molecule has 1 unspecified atom stereocenters. The fourth-order valence-corrected chi connectivity index (χ4v) is 3.06. The van der Waals surface area contributed by atoms with Gasteiger partial charge in [0, 0.05) is 50.2 Å². The van der Waals surface area contributed by atoms with Crippen molar-refractivity contribution in [1.82, 2.24) is 24.8 Å². The molecular weight excluding hydrogens is 386 g/mol. The van der Waals surface area contributed by atoms with E-state index in [1.54, 1.807) is 36.8 Å². The molecule has 1 aliphatic rings. The van der Waals surface area contributed by atoms with E-state index in [1.165, 1.54) is 0 Å². The number of carbonyl (C=O) groups excluding carboxylic acids is 1. The maximum Gasteiger partial charge on any atom is 0.410 e. The lowest BCUT2D eigenvalue weighted by molar-refractivity contribution is 0.0218. The monoisotopic (exact) mass is 415 g/mol. The van der Waals surface area contributed by atoms with Gasteiger partial charge < -0.3 is 24.6 Å². The van der Waals surface area contributed by atoms with Gasteiger partial charge in [0.05, 0.1) is 19.5 Å². The van der Waals surface area contributed by atoms with Crippen molar-refractivity contribution in [3.8, 4) is 5.88 Å². The molecule has 1 fully saturated rings. The highest BCUT2D eigenvalue weighted by Gasteiger charge is 2.30. The normalized spacial score (nSPS) is 16.9. The lowest BCUT2D eigenvalue weighted by Gasteiger charge is -2.40. The van der Waals surface area contributed by atoms with Crippen molar-refractivity contribution in [3.05, 3.63) is 30.4 Å². The van der Waals surface area contributed by atoms with Crippen LogP contribution < -0.4 is 15.0 Å². The zero-order valence-electron chi connectivity index (χ0n) is 18.1. The molecule has 10 heteroatoms. The van der Waals surface area contributed by atoms with E-state index in [0.717, 1.165) is 5.56 Å². The Morgan fingerprint density at radius 1 is 1.20 bits per heavy atom. The van der Waals surface area contributed by atoms with Crippen LogP contribution in [0.1, 0.15) is 33.3 Å². The highest BCUT2D eigenvalue weighted by Crippen LogP contribution is 2.19. The number of rotatable bonds is 5. The third-order valence-electron chi connectivity index (χ3n) is 4.52. The minimum absolute atomic E-state index is 0.0855. The van der Waals surface area contributed by atoms with E-state index in [0.29, 0.717) is 43.8 Å². The number of hydrogen-bond acceptors (Lipinski definition) is 9. The third kappa shape index (κ3) is 5.68. The number of piperazine rings is 1. The van der Waals surface area contributed by atoms with Crippen LogP contribution in [0, 0.1) is 0 Å². The standard InChI is InChI=1S/C20H29N7O3/c1-14-13-26(19(28)30-20(2,3)4)6-7-27(14)18-23-9-15(10-24-18)8-22-16-11-21-12-17(25-16)29-5/h9-12,14H,6-8,13H2,1-5H3,(H,22,25). The molecule has 1 atom stereocenters. The number of ether oxygens (including phenoxy) is 2. The Morgan fingerprint density at radius 2 is 1.93 bits per heavy atom. The van der Waals surface area contributed by atoms with Crippen LogP contribution in [0.3, 0.4) is 0 Å². The summed E-state index contributed by atoms with van der Waals surface area (Å²) >= 11 is 0. The molecule has 10 nitrogen and oxygen atoms in total. The summed E-state index contributed by atoms with van der Waals surface area (Å²) in [7, 11) is 1.55. The number of nitrogens with zero attached hydrogens (tertiary/aromatic N) is 6. The largest absolute Gasteiger partial charge is 0.480 e. The minimum Gasteiger partial charge on any atom is -0.480 e. The van der Waals surface area contributed by atoms with Crippen molar-refractivity contribution in [2.45, 2.75) is 45.9 Å². The lowest BCUT2D eigenvalue weighted by atomic mass is 10.2. The number of aromatic nitrogens is 4. The van der Waals surface area contributed by atoms with Crippen LogP contribution in [0.15, 0.2) is 24.8 Å². The van der Waals surface area contributed by atoms with E-state index in [9.17, 15) is 4.79 Å². The summed E-state index contributed by atoms with van der Waals surface area (Å²) in [6.07, 6.45) is 6.47. The zero-order valence-corrected chi connectivity index (χ0v) is 18.1. The van der Waals surface area contributed by atoms with E-state index < -0.39 is 5.60 Å². The van der Waals surface area contributed by atoms with E-state index in [2.05, 4.69) is 37.1 Å². The van der Waals surface area contributed by atoms with Crippen molar-refractivity contribution in [3.63, 3.8) is 0 Å². The molecule has 0 saturated carbocycles. The molecule has 1 saturated heterocycles. The smallest absolute Gasteiger partial charge is 0.410 e. The van der Waals surface area contributed by atoms with Crippen LogP contribution in [0.25, 0.3) is 0 Å². The van der Waals surface area contributed by atoms with E-state index in [4.69, 9.17) is 9.47 Å². The molecule has 2 aromatic heterocycles. The molecule has 2 aromatic rings. The summed E-state index contributed by atoms with van der Waals surface area (Å²) in [6, 6.07) is 0.0855. The summed E-state index contributed by atoms with van der Waals surface area (Å²) in [4.78, 5) is 33.5. The van der Waals surface area contributed by atoms with Gasteiger partial charge in [0.2, 0.25) is 11.8 Å². The molecule has 0 spiro atoms. The third-order valence-corrected chi connectivity index (χ3v) is 4.52. The second kappa shape index (κ2) is 9.10. The van der Waals surface area contributed by atoms with Gasteiger partial charge in [-0.25, -0.2) is 14.8 Å². The first-order valence-corrected chi connectivity index (χ1v) is 9.90. The average molecular weight is 415 g/mol. The summed E-state index contributed by atoms with van der Waals surface area (Å²) < 4.78 is 10.5. The van der Waals surface area contributed by atoms with Gasteiger partial charge in [-0.15, -0.1) is 0 Å². The van der Waals surface area contributed by atoms with Crippen molar-refractivity contribution in [2.75, 3.05) is 37.0 Å². The second-order valence-electron chi connectivity index (χ2n) is 8.16. The first-order chi connectivity index (χ1) is 14.2. The van der Waals surface area contributed by atoms with E-state index in [1.807, 2.05) is 20.8 Å². The molecule has 1 aliphatic heterocycles. The fourth-order valence-electron chi connectivity index (χ4n) is 3.06. The summed E-state index contributed by atoms with van der Waals surface area (Å²) in [5, 5.41) is 3.17. The molecule has 0 radical (unpaired) electrons. The van der Waals surface area contributed by atoms with Crippen LogP contribution in [0.4, 0.5) is 16.6 Å². The molecule has 1 N–H and O–H groups in total. The highest BCUT2D eigenvalue weighted by atomic mass is 16.6. The molecular formula is C20H29N7O3. The molecule has 0 aromatic carbocycles. The first-order valence-electron chi connectivity index (χ1n) is 9.90. The highest BCUT2D eigenvalue weighted by molar-refractivity contribution is 5.68. The summed E-state index contributed by atoms with van der Waals surface area (Å²) in [5.41, 5.74) is 0.421. The molecule has 1 amide bonds. The predicted octanol–water partition coefficient (Wildman–Crippen LogP) is 2.33. The van der Waals surface area contributed by atoms with E-state index >= 15 is 0 Å². The van der Waals surface area contributed by atoms with Crippen molar-refractivity contribution >= 4 is 17.9 Å². The molecule has 3 heterocycles. The number of anilines is 2. The van der Waals surface area contributed by atoms with Crippen LogP contribution in [0.5, 0.6) is 5.88 Å². The number of methoxy groups -OCH3 is 1. The van der Waals surface area contributed by atoms with Gasteiger partial charge in [0.25, 0.3) is 0 Å². The number of carbonyl (C=O) groups is 1.